The SMILES string of the molecule is Cc1ccc(CCNC(=O)c2cccc(NC3=N[C@H]4CS(=O)(=O)C[C@H]4S3)c2)cc1. The molecule has 1 fully saturated rings. The molecule has 8 heteroatoms. The number of hydrogen-bond acceptors (Lipinski definition) is 6. The van der Waals surface area contributed by atoms with Crippen molar-refractivity contribution >= 4 is 38.4 Å². The third-order valence-electron chi connectivity index (χ3n) is 5.01. The second kappa shape index (κ2) is 8.20. The Kier molecular flexibility index (Phi) is 5.65. The van der Waals surface area contributed by atoms with Crippen molar-refractivity contribution in [2.24, 2.45) is 4.99 Å². The lowest BCUT2D eigenvalue weighted by molar-refractivity contribution is 0.0954. The molecule has 2 aromatic carbocycles. The molecule has 1 amide bonds. The standard InChI is InChI=1S/C21H23N3O3S2/c1-14-5-7-15(8-6-14)9-10-22-20(25)16-3-2-4-17(11-16)23-21-24-18-12-29(26,27)13-19(18)28-21/h2-8,11,18-19H,9-10,12-13H2,1H3,(H,22,25)(H,23,24)/t18-,19+/m0/s1. The third-order valence-corrected chi connectivity index (χ3v) is 8.16. The lowest BCUT2D eigenvalue weighted by Crippen LogP contribution is -2.25. The number of nitrogens with zero attached hydrogens (tertiary/aromatic N) is 1. The van der Waals surface area contributed by atoms with E-state index in [0.29, 0.717) is 17.3 Å². The zero-order chi connectivity index (χ0) is 20.4. The van der Waals surface area contributed by atoms with Crippen LogP contribution in [0, 0.1) is 6.92 Å². The minimum atomic E-state index is -2.96. The predicted molar refractivity (Wildman–Crippen MR) is 119 cm³/mol. The van der Waals surface area contributed by atoms with E-state index in [-0.39, 0.29) is 28.7 Å². The minimum absolute atomic E-state index is 0.00393. The van der Waals surface area contributed by atoms with E-state index >= 15 is 0 Å². The number of fused-ring (bicyclic) bond motifs is 1. The number of anilines is 1. The first-order chi connectivity index (χ1) is 13.9. The van der Waals surface area contributed by atoms with Crippen molar-refractivity contribution in [3.8, 4) is 0 Å². The summed E-state index contributed by atoms with van der Waals surface area (Å²) < 4.78 is 23.3. The number of amides is 1. The van der Waals surface area contributed by atoms with Gasteiger partial charge in [0, 0.05) is 23.0 Å². The van der Waals surface area contributed by atoms with Gasteiger partial charge in [0.1, 0.15) is 0 Å². The summed E-state index contributed by atoms with van der Waals surface area (Å²) in [6.45, 7) is 2.62. The second-order valence-electron chi connectivity index (χ2n) is 7.43. The average molecular weight is 430 g/mol. The molecule has 0 radical (unpaired) electrons. The van der Waals surface area contributed by atoms with Gasteiger partial charge in [0.05, 0.1) is 17.5 Å². The van der Waals surface area contributed by atoms with Crippen LogP contribution in [-0.2, 0) is 16.3 Å². The fourth-order valence-corrected chi connectivity index (χ4v) is 7.13. The topological polar surface area (TPSA) is 87.6 Å². The van der Waals surface area contributed by atoms with Crippen LogP contribution in [0.4, 0.5) is 5.69 Å². The predicted octanol–water partition coefficient (Wildman–Crippen LogP) is 2.65. The van der Waals surface area contributed by atoms with Crippen LogP contribution in [0.1, 0.15) is 21.5 Å². The molecule has 29 heavy (non-hydrogen) atoms. The Labute approximate surface area is 175 Å². The molecular formula is C21H23N3O3S2. The molecule has 0 spiro atoms. The van der Waals surface area contributed by atoms with Gasteiger partial charge in [-0.3, -0.25) is 9.79 Å². The quantitative estimate of drug-likeness (QED) is 0.763. The highest BCUT2D eigenvalue weighted by atomic mass is 32.2. The van der Waals surface area contributed by atoms with E-state index < -0.39 is 9.84 Å². The van der Waals surface area contributed by atoms with Crippen LogP contribution in [0.25, 0.3) is 0 Å². The van der Waals surface area contributed by atoms with Crippen molar-refractivity contribution in [2.45, 2.75) is 24.6 Å². The number of rotatable bonds is 5. The van der Waals surface area contributed by atoms with E-state index in [0.717, 1.165) is 12.1 Å². The second-order valence-corrected chi connectivity index (χ2v) is 10.8. The summed E-state index contributed by atoms with van der Waals surface area (Å²) >= 11 is 1.46. The van der Waals surface area contributed by atoms with Gasteiger partial charge in [-0.15, -0.1) is 0 Å². The third kappa shape index (κ3) is 5.00. The highest BCUT2D eigenvalue weighted by molar-refractivity contribution is 8.15. The molecule has 2 heterocycles. The van der Waals surface area contributed by atoms with Crippen LogP contribution in [0.3, 0.4) is 0 Å². The van der Waals surface area contributed by atoms with Crippen molar-refractivity contribution in [1.29, 1.82) is 0 Å². The van der Waals surface area contributed by atoms with Gasteiger partial charge in [-0.25, -0.2) is 8.42 Å². The van der Waals surface area contributed by atoms with Gasteiger partial charge in [0.25, 0.3) is 5.91 Å². The Morgan fingerprint density at radius 1 is 1.17 bits per heavy atom. The zero-order valence-electron chi connectivity index (χ0n) is 16.1. The van der Waals surface area contributed by atoms with Crippen LogP contribution >= 0.6 is 11.8 Å². The molecule has 6 nitrogen and oxygen atoms in total. The van der Waals surface area contributed by atoms with Crippen LogP contribution in [0.2, 0.25) is 0 Å². The fraction of sp³-hybridized carbons (Fsp3) is 0.333. The van der Waals surface area contributed by atoms with Gasteiger partial charge in [-0.1, -0.05) is 47.7 Å². The number of thioether (sulfide) groups is 1. The van der Waals surface area contributed by atoms with Gasteiger partial charge < -0.3 is 10.6 Å². The summed E-state index contributed by atoms with van der Waals surface area (Å²) in [5.74, 6) is 0.185. The summed E-state index contributed by atoms with van der Waals surface area (Å²) in [7, 11) is -2.96. The first-order valence-electron chi connectivity index (χ1n) is 9.54. The van der Waals surface area contributed by atoms with Crippen molar-refractivity contribution in [3.05, 3.63) is 65.2 Å². The fourth-order valence-electron chi connectivity index (χ4n) is 3.45. The lowest BCUT2D eigenvalue weighted by Gasteiger charge is -2.09. The van der Waals surface area contributed by atoms with Gasteiger partial charge in [0.2, 0.25) is 0 Å². The van der Waals surface area contributed by atoms with Gasteiger partial charge in [-0.05, 0) is 37.1 Å². The van der Waals surface area contributed by atoms with E-state index in [9.17, 15) is 13.2 Å². The van der Waals surface area contributed by atoms with Crippen molar-refractivity contribution in [1.82, 2.24) is 5.32 Å². The normalized spacial score (nSPS) is 22.0. The first kappa shape index (κ1) is 20.0. The molecule has 1 saturated heterocycles. The van der Waals surface area contributed by atoms with Gasteiger partial charge >= 0.3 is 0 Å². The number of amidine groups is 1. The van der Waals surface area contributed by atoms with Crippen LogP contribution in [-0.4, -0.2) is 48.8 Å². The number of aryl methyl sites for hydroxylation is 1. The number of nitrogens with one attached hydrogen (secondary N) is 2. The summed E-state index contributed by atoms with van der Waals surface area (Å²) in [5, 5.41) is 6.88. The Balaban J connectivity index is 1.32. The Bertz CT molecular complexity index is 1050. The lowest BCUT2D eigenvalue weighted by atomic mass is 10.1. The highest BCUT2D eigenvalue weighted by Crippen LogP contribution is 2.34. The number of sulfone groups is 1. The van der Waals surface area contributed by atoms with Gasteiger partial charge in [-0.2, -0.15) is 0 Å². The monoisotopic (exact) mass is 429 g/mol. The van der Waals surface area contributed by atoms with Crippen LogP contribution in [0.5, 0.6) is 0 Å². The van der Waals surface area contributed by atoms with Crippen molar-refractivity contribution in [2.75, 3.05) is 23.4 Å². The maximum atomic E-state index is 12.5. The molecule has 0 bridgehead atoms. The van der Waals surface area contributed by atoms with Crippen LogP contribution < -0.4 is 10.6 Å². The number of carbonyl (C=O) groups excluding carboxylic acids is 1. The van der Waals surface area contributed by atoms with Crippen molar-refractivity contribution < 1.29 is 13.2 Å². The minimum Gasteiger partial charge on any atom is -0.352 e. The maximum absolute atomic E-state index is 12.5. The Hall–Kier alpha value is -2.32. The molecule has 0 aliphatic carbocycles. The summed E-state index contributed by atoms with van der Waals surface area (Å²) in [6.07, 6.45) is 0.781. The molecule has 152 valence electrons. The summed E-state index contributed by atoms with van der Waals surface area (Å²) in [5.41, 5.74) is 3.75. The smallest absolute Gasteiger partial charge is 0.251 e. The van der Waals surface area contributed by atoms with E-state index in [4.69, 9.17) is 0 Å². The summed E-state index contributed by atoms with van der Waals surface area (Å²) in [6, 6.07) is 15.4. The van der Waals surface area contributed by atoms with Crippen molar-refractivity contribution in [3.63, 3.8) is 0 Å². The zero-order valence-corrected chi connectivity index (χ0v) is 17.7. The number of aliphatic imine (C=N–C) groups is 1. The molecule has 0 aromatic heterocycles. The Morgan fingerprint density at radius 2 is 1.97 bits per heavy atom. The first-order valence-corrected chi connectivity index (χ1v) is 12.2. The average Bonchev–Trinajstić information content (AvgIpc) is 3.16. The number of benzene rings is 2. The summed E-state index contributed by atoms with van der Waals surface area (Å²) in [4.78, 5) is 17.0. The molecule has 4 rings (SSSR count). The molecule has 0 saturated carbocycles. The van der Waals surface area contributed by atoms with E-state index in [1.807, 2.05) is 12.1 Å². The largest absolute Gasteiger partial charge is 0.352 e. The molecule has 2 N–H and O–H groups in total. The Morgan fingerprint density at radius 3 is 2.72 bits per heavy atom. The molecule has 0 unspecified atom stereocenters. The molecule has 2 aliphatic heterocycles. The van der Waals surface area contributed by atoms with Gasteiger partial charge in [0.15, 0.2) is 15.0 Å². The number of hydrogen-bond donors (Lipinski definition) is 2. The molecule has 2 aliphatic rings. The maximum Gasteiger partial charge on any atom is 0.251 e. The van der Waals surface area contributed by atoms with Crippen LogP contribution in [0.15, 0.2) is 53.5 Å². The number of carbonyl (C=O) groups is 1. The van der Waals surface area contributed by atoms with E-state index in [2.05, 4.69) is 46.8 Å². The highest BCUT2D eigenvalue weighted by Gasteiger charge is 2.42. The molecule has 2 aromatic rings. The van der Waals surface area contributed by atoms with E-state index in [1.54, 1.807) is 12.1 Å². The molecular weight excluding hydrogens is 406 g/mol. The molecule has 2 atom stereocenters. The van der Waals surface area contributed by atoms with E-state index in [1.165, 1.54) is 22.9 Å².